The lowest BCUT2D eigenvalue weighted by Crippen LogP contribution is -2.39. The molecule has 6 unspecified atom stereocenters. The summed E-state index contributed by atoms with van der Waals surface area (Å²) in [7, 11) is 0. The number of carbonyl (C=O) groups excluding carboxylic acids is 1. The molecular weight excluding hydrogens is 238 g/mol. The Labute approximate surface area is 115 Å². The zero-order chi connectivity index (χ0) is 13.1. The normalized spacial score (nSPS) is 48.4. The molecule has 1 aliphatic heterocycles. The molecule has 1 saturated heterocycles. The van der Waals surface area contributed by atoms with Gasteiger partial charge in [0.1, 0.15) is 0 Å². The smallest absolute Gasteiger partial charge is 0.226 e. The Morgan fingerprint density at radius 1 is 1.26 bits per heavy atom. The van der Waals surface area contributed by atoms with Crippen LogP contribution in [0.2, 0.25) is 0 Å². The largest absolute Gasteiger partial charge is 0.393 e. The summed E-state index contributed by atoms with van der Waals surface area (Å²) in [4.78, 5) is 14.9. The highest BCUT2D eigenvalue weighted by Crippen LogP contribution is 2.69. The Kier molecular flexibility index (Phi) is 2.70. The van der Waals surface area contributed by atoms with Gasteiger partial charge in [-0.05, 0) is 69.1 Å². The second-order valence-electron chi connectivity index (χ2n) is 7.43. The Hall–Kier alpha value is -0.570. The van der Waals surface area contributed by atoms with Crippen LogP contribution in [0.5, 0.6) is 0 Å². The zero-order valence-electron chi connectivity index (χ0n) is 11.8. The highest BCUT2D eigenvalue weighted by atomic mass is 16.3. The van der Waals surface area contributed by atoms with E-state index < -0.39 is 0 Å². The molecule has 1 amide bonds. The number of fused-ring (bicyclic) bond motifs is 5. The average molecular weight is 263 g/mol. The minimum absolute atomic E-state index is 0.284. The fourth-order valence-electron chi connectivity index (χ4n) is 5.61. The van der Waals surface area contributed by atoms with E-state index >= 15 is 0 Å². The van der Waals surface area contributed by atoms with Gasteiger partial charge in [0.25, 0.3) is 0 Å². The predicted octanol–water partition coefficient (Wildman–Crippen LogP) is 2.04. The van der Waals surface area contributed by atoms with Crippen LogP contribution in [-0.4, -0.2) is 34.6 Å². The van der Waals surface area contributed by atoms with Gasteiger partial charge in [0.2, 0.25) is 5.91 Å². The standard InChI is InChI=1S/C16H25NO2/c1-9(18)7-12-3-2-6-17(12)16(19)15-13-10-4-5-11(8-10)14(13)15/h9-15,18H,2-8H2,1H3. The number of rotatable bonds is 3. The van der Waals surface area contributed by atoms with Gasteiger partial charge in [0.05, 0.1) is 6.10 Å². The molecule has 0 radical (unpaired) electrons. The van der Waals surface area contributed by atoms with Crippen molar-refractivity contribution in [3.8, 4) is 0 Å². The van der Waals surface area contributed by atoms with Gasteiger partial charge < -0.3 is 10.0 Å². The fraction of sp³-hybridized carbons (Fsp3) is 0.938. The molecule has 3 nitrogen and oxygen atoms in total. The van der Waals surface area contributed by atoms with E-state index in [1.165, 1.54) is 19.3 Å². The average Bonchev–Trinajstić information content (AvgIpc) is 2.73. The van der Waals surface area contributed by atoms with E-state index in [4.69, 9.17) is 0 Å². The van der Waals surface area contributed by atoms with Crippen LogP contribution in [-0.2, 0) is 4.79 Å². The van der Waals surface area contributed by atoms with Crippen molar-refractivity contribution in [1.29, 1.82) is 0 Å². The van der Waals surface area contributed by atoms with Gasteiger partial charge in [0.15, 0.2) is 0 Å². The quantitative estimate of drug-likeness (QED) is 0.846. The monoisotopic (exact) mass is 263 g/mol. The van der Waals surface area contributed by atoms with Crippen LogP contribution in [0.1, 0.15) is 45.4 Å². The second kappa shape index (κ2) is 4.21. The van der Waals surface area contributed by atoms with Crippen LogP contribution in [0.25, 0.3) is 0 Å². The van der Waals surface area contributed by atoms with E-state index in [1.807, 2.05) is 6.92 Å². The molecule has 106 valence electrons. The van der Waals surface area contributed by atoms with Crippen molar-refractivity contribution < 1.29 is 9.90 Å². The number of amides is 1. The highest BCUT2D eigenvalue weighted by molar-refractivity contribution is 5.83. The molecule has 0 aromatic heterocycles. The van der Waals surface area contributed by atoms with Crippen molar-refractivity contribution in [3.63, 3.8) is 0 Å². The van der Waals surface area contributed by atoms with Crippen LogP contribution < -0.4 is 0 Å². The maximum atomic E-state index is 12.8. The summed E-state index contributed by atoms with van der Waals surface area (Å²) in [6.45, 7) is 2.77. The highest BCUT2D eigenvalue weighted by Gasteiger charge is 2.68. The van der Waals surface area contributed by atoms with Gasteiger partial charge in [0, 0.05) is 18.5 Å². The van der Waals surface area contributed by atoms with E-state index in [2.05, 4.69) is 4.90 Å². The van der Waals surface area contributed by atoms with Gasteiger partial charge in [-0.3, -0.25) is 4.79 Å². The molecule has 1 N–H and O–H groups in total. The summed E-state index contributed by atoms with van der Waals surface area (Å²) in [6.07, 6.45) is 6.87. The van der Waals surface area contributed by atoms with Crippen molar-refractivity contribution in [3.05, 3.63) is 0 Å². The van der Waals surface area contributed by atoms with Crippen LogP contribution in [0.15, 0.2) is 0 Å². The van der Waals surface area contributed by atoms with E-state index in [1.54, 1.807) is 0 Å². The molecule has 0 spiro atoms. The predicted molar refractivity (Wildman–Crippen MR) is 72.3 cm³/mol. The molecule has 19 heavy (non-hydrogen) atoms. The summed E-state index contributed by atoms with van der Waals surface area (Å²) in [5.74, 6) is 4.07. The van der Waals surface area contributed by atoms with Crippen molar-refractivity contribution in [2.45, 2.75) is 57.6 Å². The summed E-state index contributed by atoms with van der Waals surface area (Å²) in [5.41, 5.74) is 0. The third-order valence-electron chi connectivity index (χ3n) is 6.29. The van der Waals surface area contributed by atoms with Gasteiger partial charge in [-0.2, -0.15) is 0 Å². The number of likely N-dealkylation sites (tertiary alicyclic amines) is 1. The molecule has 1 heterocycles. The van der Waals surface area contributed by atoms with Gasteiger partial charge >= 0.3 is 0 Å². The van der Waals surface area contributed by atoms with Crippen LogP contribution >= 0.6 is 0 Å². The first-order chi connectivity index (χ1) is 9.16. The molecule has 0 aromatic carbocycles. The Balaban J connectivity index is 1.44. The zero-order valence-corrected chi connectivity index (χ0v) is 11.8. The maximum absolute atomic E-state index is 12.8. The third-order valence-corrected chi connectivity index (χ3v) is 6.29. The second-order valence-corrected chi connectivity index (χ2v) is 7.43. The first-order valence-corrected chi connectivity index (χ1v) is 8.15. The number of hydrogen-bond donors (Lipinski definition) is 1. The van der Waals surface area contributed by atoms with Gasteiger partial charge in [-0.15, -0.1) is 0 Å². The first-order valence-electron chi connectivity index (χ1n) is 8.15. The summed E-state index contributed by atoms with van der Waals surface area (Å²) in [5, 5.41) is 9.58. The number of hydrogen-bond acceptors (Lipinski definition) is 2. The van der Waals surface area contributed by atoms with Crippen LogP contribution in [0, 0.1) is 29.6 Å². The molecule has 4 fully saturated rings. The fourth-order valence-corrected chi connectivity index (χ4v) is 5.61. The van der Waals surface area contributed by atoms with Crippen molar-refractivity contribution in [2.75, 3.05) is 6.54 Å². The molecule has 3 aliphatic carbocycles. The molecular formula is C16H25NO2. The molecule has 3 heteroatoms. The summed E-state index contributed by atoms with van der Waals surface area (Å²) < 4.78 is 0. The maximum Gasteiger partial charge on any atom is 0.226 e. The number of aliphatic hydroxyl groups is 1. The minimum atomic E-state index is -0.284. The van der Waals surface area contributed by atoms with E-state index in [0.717, 1.165) is 49.5 Å². The van der Waals surface area contributed by atoms with Crippen LogP contribution in [0.4, 0.5) is 0 Å². The lowest BCUT2D eigenvalue weighted by molar-refractivity contribution is -0.134. The van der Waals surface area contributed by atoms with Crippen molar-refractivity contribution >= 4 is 5.91 Å². The molecule has 0 aromatic rings. The van der Waals surface area contributed by atoms with E-state index in [9.17, 15) is 9.90 Å². The number of aliphatic hydroxyl groups excluding tert-OH is 1. The molecule has 4 rings (SSSR count). The molecule has 4 aliphatic rings. The molecule has 6 atom stereocenters. The topological polar surface area (TPSA) is 40.5 Å². The van der Waals surface area contributed by atoms with Gasteiger partial charge in [-0.25, -0.2) is 0 Å². The summed E-state index contributed by atoms with van der Waals surface area (Å²) >= 11 is 0. The first kappa shape index (κ1) is 12.2. The Morgan fingerprint density at radius 2 is 1.95 bits per heavy atom. The SMILES string of the molecule is CC(O)CC1CCCN1C(=O)C1C2C3CCC(C3)C12. The van der Waals surface area contributed by atoms with E-state index in [0.29, 0.717) is 17.9 Å². The Bertz CT molecular complexity index is 378. The van der Waals surface area contributed by atoms with Gasteiger partial charge in [-0.1, -0.05) is 0 Å². The lowest BCUT2D eigenvalue weighted by atomic mass is 10.0. The van der Waals surface area contributed by atoms with Crippen molar-refractivity contribution in [1.82, 2.24) is 4.90 Å². The third kappa shape index (κ3) is 1.77. The number of nitrogens with zero attached hydrogens (tertiary/aromatic N) is 1. The van der Waals surface area contributed by atoms with Crippen LogP contribution in [0.3, 0.4) is 0 Å². The lowest BCUT2D eigenvalue weighted by Gasteiger charge is -2.27. The van der Waals surface area contributed by atoms with E-state index in [-0.39, 0.29) is 6.10 Å². The molecule has 2 bridgehead atoms. The Morgan fingerprint density at radius 3 is 2.58 bits per heavy atom. The molecule has 3 saturated carbocycles. The number of carbonyl (C=O) groups is 1. The minimum Gasteiger partial charge on any atom is -0.393 e. The summed E-state index contributed by atoms with van der Waals surface area (Å²) in [6, 6.07) is 0.312. The van der Waals surface area contributed by atoms with Crippen molar-refractivity contribution in [2.24, 2.45) is 29.6 Å².